The van der Waals surface area contributed by atoms with Crippen LogP contribution in [0.4, 0.5) is 0 Å². The molecule has 1 aromatic carbocycles. The number of hydrogen-bond donors (Lipinski definition) is 1. The van der Waals surface area contributed by atoms with E-state index in [1.54, 1.807) is 0 Å². The van der Waals surface area contributed by atoms with E-state index in [9.17, 15) is 0 Å². The molecule has 1 atom stereocenters. The van der Waals surface area contributed by atoms with Crippen molar-refractivity contribution in [3.63, 3.8) is 0 Å². The van der Waals surface area contributed by atoms with Gasteiger partial charge in [0.15, 0.2) is 0 Å². The molecule has 0 amide bonds. The van der Waals surface area contributed by atoms with Gasteiger partial charge in [0.25, 0.3) is 0 Å². The van der Waals surface area contributed by atoms with Crippen LogP contribution in [0.2, 0.25) is 0 Å². The first-order chi connectivity index (χ1) is 9.17. The van der Waals surface area contributed by atoms with E-state index in [1.807, 2.05) is 0 Å². The number of hydrogen-bond acceptors (Lipinski definition) is 2. The summed E-state index contributed by atoms with van der Waals surface area (Å²) in [6, 6.07) is 8.77. The maximum atomic E-state index is 6.08. The largest absolute Gasteiger partial charge is 0.486 e. The van der Waals surface area contributed by atoms with Gasteiger partial charge in [0, 0.05) is 5.56 Å². The fraction of sp³-hybridized carbons (Fsp3) is 0.647. The van der Waals surface area contributed by atoms with Gasteiger partial charge in [0.1, 0.15) is 11.4 Å². The van der Waals surface area contributed by atoms with Crippen molar-refractivity contribution < 1.29 is 4.74 Å². The minimum absolute atomic E-state index is 0.141. The molecule has 1 aliphatic carbocycles. The molecule has 1 N–H and O–H groups in total. The van der Waals surface area contributed by atoms with Crippen molar-refractivity contribution in [1.82, 2.24) is 5.32 Å². The average Bonchev–Trinajstić information content (AvgIpc) is 2.67. The van der Waals surface area contributed by atoms with Crippen LogP contribution in [0.25, 0.3) is 0 Å². The molecular weight excluding hydrogens is 234 g/mol. The molecule has 1 unspecified atom stereocenters. The molecule has 0 saturated heterocycles. The average molecular weight is 259 g/mol. The maximum absolute atomic E-state index is 6.08. The molecule has 2 heteroatoms. The molecule has 2 nitrogen and oxygen atoms in total. The van der Waals surface area contributed by atoms with Gasteiger partial charge in [-0.05, 0) is 45.2 Å². The van der Waals surface area contributed by atoms with Crippen molar-refractivity contribution in [3.8, 4) is 5.75 Å². The Labute approximate surface area is 116 Å². The Hall–Kier alpha value is -1.02. The van der Waals surface area contributed by atoms with Crippen LogP contribution in [-0.2, 0) is 0 Å². The van der Waals surface area contributed by atoms with Crippen molar-refractivity contribution >= 4 is 0 Å². The van der Waals surface area contributed by atoms with E-state index in [0.717, 1.165) is 18.2 Å². The smallest absolute Gasteiger partial charge is 0.125 e. The van der Waals surface area contributed by atoms with Gasteiger partial charge in [-0.3, -0.25) is 0 Å². The zero-order chi connectivity index (χ0) is 13.3. The number of nitrogens with one attached hydrogen (secondary N) is 1. The lowest BCUT2D eigenvalue weighted by Crippen LogP contribution is -2.41. The number of benzene rings is 1. The normalized spacial score (nSPS) is 25.9. The summed E-state index contributed by atoms with van der Waals surface area (Å²) in [4.78, 5) is 0. The molecule has 1 aliphatic heterocycles. The first-order valence-electron chi connectivity index (χ1n) is 7.68. The predicted molar refractivity (Wildman–Crippen MR) is 78.5 cm³/mol. The van der Waals surface area contributed by atoms with Crippen LogP contribution in [-0.4, -0.2) is 12.1 Å². The van der Waals surface area contributed by atoms with Gasteiger partial charge in [0.05, 0.1) is 6.04 Å². The van der Waals surface area contributed by atoms with E-state index >= 15 is 0 Å². The first-order valence-corrected chi connectivity index (χ1v) is 7.68. The van der Waals surface area contributed by atoms with Crippen LogP contribution in [0.15, 0.2) is 24.3 Å². The summed E-state index contributed by atoms with van der Waals surface area (Å²) >= 11 is 0. The molecule has 19 heavy (non-hydrogen) atoms. The Morgan fingerprint density at radius 1 is 1.16 bits per heavy atom. The second-order valence-electron chi connectivity index (χ2n) is 6.59. The number of para-hydroxylation sites is 1. The van der Waals surface area contributed by atoms with Crippen LogP contribution >= 0.6 is 0 Å². The Bertz CT molecular complexity index is 435. The summed E-state index contributed by atoms with van der Waals surface area (Å²) in [7, 11) is 0. The van der Waals surface area contributed by atoms with Crippen molar-refractivity contribution in [3.05, 3.63) is 29.8 Å². The third kappa shape index (κ3) is 2.64. The van der Waals surface area contributed by atoms with Gasteiger partial charge < -0.3 is 10.1 Å². The fourth-order valence-corrected chi connectivity index (χ4v) is 3.56. The standard InChI is InChI=1S/C17H25NO/c1-17(2)16(14-10-6-7-11-15(14)19-17)18-12-13-8-4-3-5-9-13/h6-7,10-11,13,16,18H,3-5,8-9,12H2,1-2H3. The highest BCUT2D eigenvalue weighted by Gasteiger charge is 2.40. The Morgan fingerprint density at radius 3 is 2.68 bits per heavy atom. The highest BCUT2D eigenvalue weighted by atomic mass is 16.5. The second kappa shape index (κ2) is 5.16. The van der Waals surface area contributed by atoms with Gasteiger partial charge in [-0.2, -0.15) is 0 Å². The molecule has 1 saturated carbocycles. The molecule has 0 radical (unpaired) electrons. The molecular formula is C17H25NO. The topological polar surface area (TPSA) is 21.3 Å². The van der Waals surface area contributed by atoms with Crippen LogP contribution in [0.1, 0.15) is 57.6 Å². The number of fused-ring (bicyclic) bond motifs is 1. The zero-order valence-electron chi connectivity index (χ0n) is 12.1. The summed E-state index contributed by atoms with van der Waals surface area (Å²) in [5, 5.41) is 3.77. The number of ether oxygens (including phenoxy) is 1. The van der Waals surface area contributed by atoms with E-state index in [-0.39, 0.29) is 5.60 Å². The van der Waals surface area contributed by atoms with Crippen molar-refractivity contribution in [2.75, 3.05) is 6.54 Å². The minimum atomic E-state index is -0.141. The number of rotatable bonds is 3. The second-order valence-corrected chi connectivity index (χ2v) is 6.59. The van der Waals surface area contributed by atoms with Gasteiger partial charge in [-0.1, -0.05) is 37.5 Å². The molecule has 0 bridgehead atoms. The predicted octanol–water partition coefficient (Wildman–Crippen LogP) is 4.07. The van der Waals surface area contributed by atoms with E-state index in [0.29, 0.717) is 6.04 Å². The molecule has 1 heterocycles. The lowest BCUT2D eigenvalue weighted by atomic mass is 9.88. The third-order valence-corrected chi connectivity index (χ3v) is 4.63. The Balaban J connectivity index is 1.68. The monoisotopic (exact) mass is 259 g/mol. The van der Waals surface area contributed by atoms with Crippen LogP contribution in [0.3, 0.4) is 0 Å². The summed E-state index contributed by atoms with van der Waals surface area (Å²) in [5.74, 6) is 1.91. The van der Waals surface area contributed by atoms with Crippen LogP contribution < -0.4 is 10.1 Å². The summed E-state index contributed by atoms with van der Waals surface area (Å²) in [5.41, 5.74) is 1.18. The molecule has 1 fully saturated rings. The van der Waals surface area contributed by atoms with E-state index in [4.69, 9.17) is 4.74 Å². The van der Waals surface area contributed by atoms with Crippen molar-refractivity contribution in [1.29, 1.82) is 0 Å². The summed E-state index contributed by atoms with van der Waals surface area (Å²) in [6.07, 6.45) is 7.03. The summed E-state index contributed by atoms with van der Waals surface area (Å²) in [6.45, 7) is 5.50. The quantitative estimate of drug-likeness (QED) is 0.883. The third-order valence-electron chi connectivity index (χ3n) is 4.63. The van der Waals surface area contributed by atoms with E-state index in [2.05, 4.69) is 43.4 Å². The van der Waals surface area contributed by atoms with Gasteiger partial charge >= 0.3 is 0 Å². The summed E-state index contributed by atoms with van der Waals surface area (Å²) < 4.78 is 6.08. The lowest BCUT2D eigenvalue weighted by Gasteiger charge is -2.30. The van der Waals surface area contributed by atoms with E-state index < -0.39 is 0 Å². The molecule has 0 spiro atoms. The van der Waals surface area contributed by atoms with Crippen molar-refractivity contribution in [2.24, 2.45) is 5.92 Å². The van der Waals surface area contributed by atoms with E-state index in [1.165, 1.54) is 37.7 Å². The SMILES string of the molecule is CC1(C)Oc2ccccc2C1NCC1CCCCC1. The first kappa shape index (κ1) is 13.0. The molecule has 3 rings (SSSR count). The van der Waals surface area contributed by atoms with Gasteiger partial charge in [-0.15, -0.1) is 0 Å². The fourth-order valence-electron chi connectivity index (χ4n) is 3.56. The highest BCUT2D eigenvalue weighted by Crippen LogP contribution is 2.42. The van der Waals surface area contributed by atoms with Gasteiger partial charge in [0.2, 0.25) is 0 Å². The molecule has 2 aliphatic rings. The lowest BCUT2D eigenvalue weighted by molar-refractivity contribution is 0.0933. The molecule has 104 valence electrons. The maximum Gasteiger partial charge on any atom is 0.125 e. The Kier molecular flexibility index (Phi) is 3.53. The highest BCUT2D eigenvalue weighted by molar-refractivity contribution is 5.42. The van der Waals surface area contributed by atoms with Crippen molar-refractivity contribution in [2.45, 2.75) is 57.6 Å². The van der Waals surface area contributed by atoms with Crippen LogP contribution in [0.5, 0.6) is 5.75 Å². The molecule has 1 aromatic rings. The van der Waals surface area contributed by atoms with Gasteiger partial charge in [-0.25, -0.2) is 0 Å². The zero-order valence-corrected chi connectivity index (χ0v) is 12.1. The Morgan fingerprint density at radius 2 is 1.89 bits per heavy atom. The van der Waals surface area contributed by atoms with Crippen LogP contribution in [0, 0.1) is 5.92 Å². The molecule has 0 aromatic heterocycles. The minimum Gasteiger partial charge on any atom is -0.486 e.